The van der Waals surface area contributed by atoms with Crippen molar-refractivity contribution >= 4 is 29.2 Å². The summed E-state index contributed by atoms with van der Waals surface area (Å²) in [6.45, 7) is 3.40. The first-order valence-electron chi connectivity index (χ1n) is 10.2. The molecule has 1 aromatic rings. The molecule has 2 N–H and O–H groups in total. The molecule has 0 aromatic heterocycles. The number of halogens is 1. The Hall–Kier alpha value is -1.79. The molecule has 4 aliphatic rings. The average molecular weight is 422 g/mol. The number of aryl methyl sites for hydroxylation is 1. The van der Waals surface area contributed by atoms with Gasteiger partial charge in [0.2, 0.25) is 0 Å². The fourth-order valence-corrected chi connectivity index (χ4v) is 6.11. The number of rotatable bonds is 5. The molecule has 158 valence electrons. The van der Waals surface area contributed by atoms with Crippen molar-refractivity contribution in [2.75, 3.05) is 12.4 Å². The van der Waals surface area contributed by atoms with Gasteiger partial charge in [-0.05, 0) is 75.8 Å². The molecular formula is C22H28ClNO5. The molecule has 5 rings (SSSR count). The smallest absolute Gasteiger partial charge is 0.312 e. The van der Waals surface area contributed by atoms with Gasteiger partial charge in [-0.1, -0.05) is 11.6 Å². The Labute approximate surface area is 175 Å². The maximum absolute atomic E-state index is 13.1. The largest absolute Gasteiger partial charge is 0.495 e. The zero-order valence-electron chi connectivity index (χ0n) is 17.1. The van der Waals surface area contributed by atoms with Crippen LogP contribution in [0.4, 0.5) is 5.69 Å². The van der Waals surface area contributed by atoms with Crippen LogP contribution in [0.15, 0.2) is 12.1 Å². The van der Waals surface area contributed by atoms with E-state index in [0.717, 1.165) is 37.7 Å². The Kier molecular flexibility index (Phi) is 5.06. The molecule has 1 amide bonds. The predicted octanol–water partition coefficient (Wildman–Crippen LogP) is 3.86. The van der Waals surface area contributed by atoms with Crippen molar-refractivity contribution in [2.45, 2.75) is 64.1 Å². The van der Waals surface area contributed by atoms with Crippen molar-refractivity contribution < 1.29 is 24.2 Å². The number of hydrogen-bond donors (Lipinski definition) is 2. The third-order valence-electron chi connectivity index (χ3n) is 6.85. The molecule has 4 fully saturated rings. The second-order valence-corrected chi connectivity index (χ2v) is 9.71. The molecule has 2 unspecified atom stereocenters. The standard InChI is InChI=1S/C22H28ClNO5/c1-12-4-17(18(28-3)6-16(12)23)24-19(25)13(2)29-20(26)21-7-14-5-15(8-21)10-22(27,9-14)11-21/h4,6,13-15,27H,5,7-11H2,1-3H3,(H,24,25)/t13-,14-,15+,21?,22?/m1/s1. The minimum Gasteiger partial charge on any atom is -0.495 e. The van der Waals surface area contributed by atoms with E-state index in [1.54, 1.807) is 19.1 Å². The van der Waals surface area contributed by atoms with E-state index in [9.17, 15) is 14.7 Å². The molecule has 5 atom stereocenters. The summed E-state index contributed by atoms with van der Waals surface area (Å²) < 4.78 is 10.9. The number of carbonyl (C=O) groups excluding carboxylic acids is 2. The van der Waals surface area contributed by atoms with Gasteiger partial charge in [-0.25, -0.2) is 0 Å². The topological polar surface area (TPSA) is 84.9 Å². The van der Waals surface area contributed by atoms with Crippen molar-refractivity contribution in [3.63, 3.8) is 0 Å². The third kappa shape index (κ3) is 3.73. The fraction of sp³-hybridized carbons (Fsp3) is 0.636. The van der Waals surface area contributed by atoms with Crippen LogP contribution < -0.4 is 10.1 Å². The van der Waals surface area contributed by atoms with Crippen LogP contribution in [0.3, 0.4) is 0 Å². The van der Waals surface area contributed by atoms with Crippen LogP contribution in [0.2, 0.25) is 5.02 Å². The Balaban J connectivity index is 1.44. The third-order valence-corrected chi connectivity index (χ3v) is 7.26. The number of nitrogens with one attached hydrogen (secondary N) is 1. The molecule has 0 radical (unpaired) electrons. The molecule has 0 saturated heterocycles. The van der Waals surface area contributed by atoms with E-state index in [1.807, 2.05) is 6.92 Å². The van der Waals surface area contributed by atoms with Crippen molar-refractivity contribution in [3.8, 4) is 5.75 Å². The second kappa shape index (κ2) is 7.17. The van der Waals surface area contributed by atoms with E-state index in [1.165, 1.54) is 7.11 Å². The molecule has 4 saturated carbocycles. The van der Waals surface area contributed by atoms with E-state index in [2.05, 4.69) is 5.32 Å². The Bertz CT molecular complexity index is 840. The molecule has 4 bridgehead atoms. The van der Waals surface area contributed by atoms with E-state index >= 15 is 0 Å². The number of amides is 1. The molecule has 0 aliphatic heterocycles. The Morgan fingerprint density at radius 3 is 2.48 bits per heavy atom. The lowest BCUT2D eigenvalue weighted by molar-refractivity contribution is -0.199. The SMILES string of the molecule is COc1cc(Cl)c(C)cc1NC(=O)[C@@H](C)OC(=O)C12C[C@@H]3C[C@@H](CC(O)(C3)C1)C2. The van der Waals surface area contributed by atoms with Gasteiger partial charge >= 0.3 is 5.97 Å². The average Bonchev–Trinajstić information content (AvgIpc) is 2.62. The Morgan fingerprint density at radius 1 is 1.24 bits per heavy atom. The van der Waals surface area contributed by atoms with Crippen molar-refractivity contribution in [1.29, 1.82) is 0 Å². The first-order chi connectivity index (χ1) is 13.6. The summed E-state index contributed by atoms with van der Waals surface area (Å²) >= 11 is 6.11. The van der Waals surface area contributed by atoms with Crippen LogP contribution in [0.1, 0.15) is 51.0 Å². The van der Waals surface area contributed by atoms with Crippen LogP contribution in [-0.2, 0) is 14.3 Å². The van der Waals surface area contributed by atoms with Gasteiger partial charge in [-0.15, -0.1) is 0 Å². The fourth-order valence-electron chi connectivity index (χ4n) is 5.96. The maximum atomic E-state index is 13.1. The first-order valence-corrected chi connectivity index (χ1v) is 10.6. The summed E-state index contributed by atoms with van der Waals surface area (Å²) in [4.78, 5) is 25.7. The molecule has 6 nitrogen and oxygen atoms in total. The summed E-state index contributed by atoms with van der Waals surface area (Å²) in [5.41, 5.74) is -0.120. The highest BCUT2D eigenvalue weighted by Crippen LogP contribution is 2.62. The summed E-state index contributed by atoms with van der Waals surface area (Å²) in [6.07, 6.45) is 3.65. The van der Waals surface area contributed by atoms with E-state index in [0.29, 0.717) is 34.7 Å². The van der Waals surface area contributed by atoms with E-state index < -0.39 is 23.0 Å². The lowest BCUT2D eigenvalue weighted by Crippen LogP contribution is -2.59. The number of anilines is 1. The Morgan fingerprint density at radius 2 is 1.90 bits per heavy atom. The number of esters is 1. The molecular weight excluding hydrogens is 394 g/mol. The minimum atomic E-state index is -0.953. The lowest BCUT2D eigenvalue weighted by Gasteiger charge is -2.58. The number of ether oxygens (including phenoxy) is 2. The van der Waals surface area contributed by atoms with Gasteiger partial charge in [-0.3, -0.25) is 9.59 Å². The van der Waals surface area contributed by atoms with Gasteiger partial charge in [0.25, 0.3) is 5.91 Å². The van der Waals surface area contributed by atoms with Gasteiger partial charge in [0.05, 0.1) is 23.8 Å². The van der Waals surface area contributed by atoms with Gasteiger partial charge in [0.1, 0.15) is 5.75 Å². The predicted molar refractivity (Wildman–Crippen MR) is 109 cm³/mol. The van der Waals surface area contributed by atoms with Crippen LogP contribution >= 0.6 is 11.6 Å². The molecule has 0 heterocycles. The van der Waals surface area contributed by atoms with Crippen molar-refractivity contribution in [3.05, 3.63) is 22.7 Å². The number of methoxy groups -OCH3 is 1. The highest BCUT2D eigenvalue weighted by molar-refractivity contribution is 6.31. The second-order valence-electron chi connectivity index (χ2n) is 9.30. The van der Waals surface area contributed by atoms with Crippen molar-refractivity contribution in [2.24, 2.45) is 17.3 Å². The molecule has 0 spiro atoms. The minimum absolute atomic E-state index is 0.355. The number of aliphatic hydroxyl groups is 1. The maximum Gasteiger partial charge on any atom is 0.312 e. The quantitative estimate of drug-likeness (QED) is 0.705. The van der Waals surface area contributed by atoms with Crippen molar-refractivity contribution in [1.82, 2.24) is 0 Å². The molecule has 4 aliphatic carbocycles. The summed E-state index contributed by atoms with van der Waals surface area (Å²) in [5.74, 6) is 0.406. The van der Waals surface area contributed by atoms with Crippen LogP contribution in [-0.4, -0.2) is 35.8 Å². The monoisotopic (exact) mass is 421 g/mol. The summed E-state index contributed by atoms with van der Waals surface area (Å²) in [6, 6.07) is 3.36. The number of hydrogen-bond acceptors (Lipinski definition) is 5. The van der Waals surface area contributed by atoms with Gasteiger partial charge < -0.3 is 19.9 Å². The van der Waals surface area contributed by atoms with Crippen LogP contribution in [0.25, 0.3) is 0 Å². The number of carbonyl (C=O) groups is 2. The number of benzene rings is 1. The van der Waals surface area contributed by atoms with E-state index in [-0.39, 0.29) is 5.97 Å². The highest BCUT2D eigenvalue weighted by atomic mass is 35.5. The van der Waals surface area contributed by atoms with Gasteiger partial charge in [0, 0.05) is 11.1 Å². The van der Waals surface area contributed by atoms with Gasteiger partial charge in [-0.2, -0.15) is 0 Å². The molecule has 7 heteroatoms. The van der Waals surface area contributed by atoms with Crippen LogP contribution in [0.5, 0.6) is 5.75 Å². The van der Waals surface area contributed by atoms with Gasteiger partial charge in [0.15, 0.2) is 6.10 Å². The lowest BCUT2D eigenvalue weighted by atomic mass is 9.48. The summed E-state index contributed by atoms with van der Waals surface area (Å²) in [7, 11) is 1.50. The first kappa shape index (κ1) is 20.5. The normalized spacial score (nSPS) is 33.3. The highest BCUT2D eigenvalue weighted by Gasteiger charge is 2.61. The molecule has 1 aromatic carbocycles. The zero-order valence-corrected chi connectivity index (χ0v) is 17.8. The summed E-state index contributed by atoms with van der Waals surface area (Å²) in [5, 5.41) is 14.2. The zero-order chi connectivity index (χ0) is 21.0. The van der Waals surface area contributed by atoms with Crippen LogP contribution in [0, 0.1) is 24.2 Å². The molecule has 29 heavy (non-hydrogen) atoms. The van der Waals surface area contributed by atoms with E-state index in [4.69, 9.17) is 21.1 Å².